The number of fused-ring (bicyclic) bond motifs is 1. The minimum absolute atomic E-state index is 0.228. The summed E-state index contributed by atoms with van der Waals surface area (Å²) in [6.45, 7) is 0. The number of aromatic hydroxyl groups is 4. The molecule has 8 nitrogen and oxygen atoms in total. The van der Waals surface area contributed by atoms with Crippen LogP contribution in [0.15, 0.2) is 44.4 Å². The van der Waals surface area contributed by atoms with Gasteiger partial charge >= 0.3 is 10.2 Å². The van der Waals surface area contributed by atoms with Crippen molar-refractivity contribution < 1.29 is 37.1 Å². The first-order chi connectivity index (χ1) is 11.6. The molecule has 0 saturated heterocycles. The third kappa shape index (κ3) is 2.72. The normalized spacial score (nSPS) is 11.7. The van der Waals surface area contributed by atoms with Crippen molar-refractivity contribution in [2.45, 2.75) is 4.90 Å². The molecule has 0 bridgehead atoms. The molecular formula is C15H9FO8S. The summed E-state index contributed by atoms with van der Waals surface area (Å²) >= 11 is 0. The molecule has 25 heavy (non-hydrogen) atoms. The Morgan fingerprint density at radius 3 is 2.28 bits per heavy atom. The number of rotatable bonds is 2. The molecule has 0 amide bonds. The Kier molecular flexibility index (Phi) is 3.57. The molecule has 4 N–H and O–H groups in total. The fraction of sp³-hybridized carbons (Fsp3) is 0. The lowest BCUT2D eigenvalue weighted by Crippen LogP contribution is -2.03. The zero-order valence-corrected chi connectivity index (χ0v) is 12.9. The van der Waals surface area contributed by atoms with Crippen LogP contribution in [0, 0.1) is 0 Å². The van der Waals surface area contributed by atoms with Crippen molar-refractivity contribution >= 4 is 21.2 Å². The van der Waals surface area contributed by atoms with Gasteiger partial charge in [-0.3, -0.25) is 4.79 Å². The van der Waals surface area contributed by atoms with Crippen LogP contribution in [0.1, 0.15) is 0 Å². The van der Waals surface area contributed by atoms with Crippen LogP contribution < -0.4 is 5.43 Å². The molecule has 0 aliphatic rings. The van der Waals surface area contributed by atoms with E-state index in [4.69, 9.17) is 4.42 Å². The van der Waals surface area contributed by atoms with E-state index in [2.05, 4.69) is 0 Å². The highest BCUT2D eigenvalue weighted by atomic mass is 32.3. The van der Waals surface area contributed by atoms with Gasteiger partial charge in [0.2, 0.25) is 11.2 Å². The van der Waals surface area contributed by atoms with Crippen molar-refractivity contribution in [3.63, 3.8) is 0 Å². The van der Waals surface area contributed by atoms with E-state index in [-0.39, 0.29) is 11.1 Å². The average Bonchev–Trinajstić information content (AvgIpc) is 2.49. The summed E-state index contributed by atoms with van der Waals surface area (Å²) in [7, 11) is -5.27. The average molecular weight is 368 g/mol. The number of phenolic OH excluding ortho intramolecular Hbond substituents is 3. The highest BCUT2D eigenvalue weighted by Crippen LogP contribution is 2.37. The fourth-order valence-electron chi connectivity index (χ4n) is 2.32. The van der Waals surface area contributed by atoms with Gasteiger partial charge in [-0.25, -0.2) is 0 Å². The molecule has 2 aromatic carbocycles. The van der Waals surface area contributed by atoms with Gasteiger partial charge in [-0.1, -0.05) is 0 Å². The summed E-state index contributed by atoms with van der Waals surface area (Å²) in [5.74, 6) is -3.44. The van der Waals surface area contributed by atoms with E-state index in [1.807, 2.05) is 0 Å². The van der Waals surface area contributed by atoms with Gasteiger partial charge in [0, 0.05) is 17.7 Å². The molecule has 1 aromatic heterocycles. The highest BCUT2D eigenvalue weighted by Gasteiger charge is 2.23. The molecule has 130 valence electrons. The molecule has 0 unspecified atom stereocenters. The quantitative estimate of drug-likeness (QED) is 0.502. The SMILES string of the molecule is O=c1c(O)c(-c2ccc(O)c(S(=O)(=O)F)c2)oc2cc(O)cc(O)c12. The van der Waals surface area contributed by atoms with Crippen molar-refractivity contribution in [2.75, 3.05) is 0 Å². The van der Waals surface area contributed by atoms with Gasteiger partial charge in [-0.2, -0.15) is 8.42 Å². The Bertz CT molecular complexity index is 1180. The predicted molar refractivity (Wildman–Crippen MR) is 82.9 cm³/mol. The summed E-state index contributed by atoms with van der Waals surface area (Å²) < 4.78 is 40.6. The van der Waals surface area contributed by atoms with Gasteiger partial charge < -0.3 is 24.8 Å². The summed E-state index contributed by atoms with van der Waals surface area (Å²) in [4.78, 5) is 11.1. The number of halogens is 1. The largest absolute Gasteiger partial charge is 0.508 e. The van der Waals surface area contributed by atoms with Crippen molar-refractivity contribution in [3.05, 3.63) is 40.6 Å². The van der Waals surface area contributed by atoms with Crippen molar-refractivity contribution in [3.8, 4) is 34.3 Å². The van der Waals surface area contributed by atoms with Gasteiger partial charge in [0.25, 0.3) is 0 Å². The molecule has 0 spiro atoms. The molecule has 0 fully saturated rings. The van der Waals surface area contributed by atoms with E-state index in [1.165, 1.54) is 0 Å². The molecule has 0 aliphatic heterocycles. The van der Waals surface area contributed by atoms with Gasteiger partial charge in [0.05, 0.1) is 0 Å². The van der Waals surface area contributed by atoms with Crippen LogP contribution in [0.4, 0.5) is 3.89 Å². The van der Waals surface area contributed by atoms with E-state index >= 15 is 0 Å². The summed E-state index contributed by atoms with van der Waals surface area (Å²) in [5.41, 5.74) is -1.58. The Morgan fingerprint density at radius 1 is 0.960 bits per heavy atom. The standard InChI is InChI=1S/C15H9FO8S/c16-25(22,23)11-3-6(1-2-8(11)18)15-14(21)13(20)12-9(19)4-7(17)5-10(12)24-15/h1-5,17-19,21H. The second kappa shape index (κ2) is 5.38. The van der Waals surface area contributed by atoms with Crippen LogP contribution in [-0.4, -0.2) is 28.8 Å². The number of benzene rings is 2. The molecule has 0 aliphatic carbocycles. The second-order valence-corrected chi connectivity index (χ2v) is 6.38. The van der Waals surface area contributed by atoms with Crippen LogP contribution in [0.5, 0.6) is 23.0 Å². The molecule has 0 saturated carbocycles. The Hall–Kier alpha value is -3.27. The van der Waals surface area contributed by atoms with E-state index in [0.29, 0.717) is 6.07 Å². The minimum Gasteiger partial charge on any atom is -0.508 e. The maximum absolute atomic E-state index is 13.2. The van der Waals surface area contributed by atoms with Crippen LogP contribution >= 0.6 is 0 Å². The maximum Gasteiger partial charge on any atom is 0.335 e. The second-order valence-electron chi connectivity index (χ2n) is 5.07. The molecule has 10 heteroatoms. The minimum atomic E-state index is -5.27. The monoisotopic (exact) mass is 368 g/mol. The van der Waals surface area contributed by atoms with Gasteiger partial charge in [0.1, 0.15) is 33.1 Å². The zero-order chi connectivity index (χ0) is 18.5. The number of hydrogen-bond acceptors (Lipinski definition) is 8. The fourth-order valence-corrected chi connectivity index (χ4v) is 2.91. The van der Waals surface area contributed by atoms with Crippen LogP contribution in [-0.2, 0) is 10.2 Å². The molecule has 1 heterocycles. The summed E-state index contributed by atoms with van der Waals surface area (Å²) in [6.07, 6.45) is 0. The molecule has 3 aromatic rings. The van der Waals surface area contributed by atoms with E-state index in [9.17, 15) is 37.5 Å². The van der Waals surface area contributed by atoms with Crippen molar-refractivity contribution in [1.82, 2.24) is 0 Å². The lowest BCUT2D eigenvalue weighted by atomic mass is 10.1. The smallest absolute Gasteiger partial charge is 0.335 e. The first kappa shape index (κ1) is 16.6. The van der Waals surface area contributed by atoms with Gasteiger partial charge in [0.15, 0.2) is 5.76 Å². The van der Waals surface area contributed by atoms with E-state index in [0.717, 1.165) is 24.3 Å². The van der Waals surface area contributed by atoms with Gasteiger partial charge in [-0.15, -0.1) is 3.89 Å². The zero-order valence-electron chi connectivity index (χ0n) is 12.1. The first-order valence-electron chi connectivity index (χ1n) is 6.59. The van der Waals surface area contributed by atoms with Gasteiger partial charge in [-0.05, 0) is 18.2 Å². The molecule has 0 atom stereocenters. The predicted octanol–water partition coefficient (Wildman–Crippen LogP) is 1.94. The number of hydrogen-bond donors (Lipinski definition) is 4. The molecule has 0 radical (unpaired) electrons. The molecular weight excluding hydrogens is 359 g/mol. The first-order valence-corrected chi connectivity index (χ1v) is 7.97. The van der Waals surface area contributed by atoms with Crippen molar-refractivity contribution in [1.29, 1.82) is 0 Å². The van der Waals surface area contributed by atoms with Crippen molar-refractivity contribution in [2.24, 2.45) is 0 Å². The third-order valence-electron chi connectivity index (χ3n) is 3.42. The summed E-state index contributed by atoms with van der Waals surface area (Å²) in [6, 6.07) is 4.44. The summed E-state index contributed by atoms with van der Waals surface area (Å²) in [5, 5.41) is 38.2. The lowest BCUT2D eigenvalue weighted by molar-refractivity contribution is 0.438. The van der Waals surface area contributed by atoms with Crippen LogP contribution in [0.3, 0.4) is 0 Å². The Morgan fingerprint density at radius 2 is 1.64 bits per heavy atom. The topological polar surface area (TPSA) is 145 Å². The van der Waals surface area contributed by atoms with E-state index < -0.39 is 54.7 Å². The highest BCUT2D eigenvalue weighted by molar-refractivity contribution is 7.86. The third-order valence-corrected chi connectivity index (χ3v) is 4.27. The van der Waals surface area contributed by atoms with E-state index in [1.54, 1.807) is 0 Å². The van der Waals surface area contributed by atoms with Crippen LogP contribution in [0.25, 0.3) is 22.3 Å². The number of phenols is 3. The maximum atomic E-state index is 13.2. The Balaban J connectivity index is 2.38. The Labute approximate surface area is 138 Å². The lowest BCUT2D eigenvalue weighted by Gasteiger charge is -2.09. The van der Waals surface area contributed by atoms with Crippen LogP contribution in [0.2, 0.25) is 0 Å². The molecule has 3 rings (SSSR count).